The summed E-state index contributed by atoms with van der Waals surface area (Å²) in [4.78, 5) is 12.3. The number of fused-ring (bicyclic) bond motifs is 1. The van der Waals surface area contributed by atoms with Crippen LogP contribution in [0, 0.1) is 6.92 Å². The summed E-state index contributed by atoms with van der Waals surface area (Å²) in [5.74, 6) is 0.230. The predicted octanol–water partition coefficient (Wildman–Crippen LogP) is 4.10. The Morgan fingerprint density at radius 3 is 2.61 bits per heavy atom. The molecular weight excluding hydrogens is 370 g/mol. The zero-order valence-corrected chi connectivity index (χ0v) is 17.2. The molecule has 0 radical (unpaired) electrons. The molecule has 3 rings (SSSR count). The number of furan rings is 1. The molecule has 1 amide bonds. The summed E-state index contributed by atoms with van der Waals surface area (Å²) >= 11 is 5.20. The number of amides is 1. The molecule has 0 bridgehead atoms. The van der Waals surface area contributed by atoms with Crippen LogP contribution in [0.4, 0.5) is 0 Å². The van der Waals surface area contributed by atoms with Crippen molar-refractivity contribution in [3.8, 4) is 0 Å². The highest BCUT2D eigenvalue weighted by Crippen LogP contribution is 2.29. The van der Waals surface area contributed by atoms with Crippen molar-refractivity contribution < 1.29 is 9.21 Å². The Morgan fingerprint density at radius 1 is 1.14 bits per heavy atom. The largest absolute Gasteiger partial charge is 0.464 e. The molecule has 2 aromatic carbocycles. The van der Waals surface area contributed by atoms with Gasteiger partial charge in [0.05, 0.1) is 12.7 Å². The molecule has 0 aliphatic heterocycles. The summed E-state index contributed by atoms with van der Waals surface area (Å²) < 4.78 is 5.64. The van der Waals surface area contributed by atoms with Gasteiger partial charge >= 0.3 is 0 Å². The molecule has 0 unspecified atom stereocenters. The average molecular weight is 396 g/mol. The number of carbonyl (C=O) groups is 1. The zero-order chi connectivity index (χ0) is 20.1. The van der Waals surface area contributed by atoms with Crippen molar-refractivity contribution in [1.82, 2.24) is 16.2 Å². The van der Waals surface area contributed by atoms with Gasteiger partial charge in [0, 0.05) is 17.5 Å². The molecule has 28 heavy (non-hydrogen) atoms. The van der Waals surface area contributed by atoms with E-state index in [4.69, 9.17) is 16.6 Å². The highest BCUT2D eigenvalue weighted by molar-refractivity contribution is 7.80. The van der Waals surface area contributed by atoms with Crippen molar-refractivity contribution in [2.45, 2.75) is 39.7 Å². The molecule has 0 aliphatic rings. The van der Waals surface area contributed by atoms with E-state index in [1.165, 1.54) is 11.1 Å². The van der Waals surface area contributed by atoms with Gasteiger partial charge in [-0.05, 0) is 53.9 Å². The van der Waals surface area contributed by atoms with E-state index in [-0.39, 0.29) is 12.3 Å². The lowest BCUT2D eigenvalue weighted by Crippen LogP contribution is -2.47. The van der Waals surface area contributed by atoms with Crippen LogP contribution >= 0.6 is 12.2 Å². The fraction of sp³-hybridized carbons (Fsp3) is 0.273. The molecule has 3 N–H and O–H groups in total. The van der Waals surface area contributed by atoms with Crippen LogP contribution in [0.1, 0.15) is 42.0 Å². The van der Waals surface area contributed by atoms with E-state index in [2.05, 4.69) is 43.0 Å². The van der Waals surface area contributed by atoms with Crippen LogP contribution in [0.15, 0.2) is 53.1 Å². The van der Waals surface area contributed by atoms with Gasteiger partial charge in [0.15, 0.2) is 5.11 Å². The maximum Gasteiger partial charge on any atom is 0.242 e. The Balaban J connectivity index is 1.56. The van der Waals surface area contributed by atoms with Gasteiger partial charge in [-0.1, -0.05) is 44.2 Å². The second-order valence-electron chi connectivity index (χ2n) is 7.14. The fourth-order valence-corrected chi connectivity index (χ4v) is 3.29. The zero-order valence-electron chi connectivity index (χ0n) is 16.3. The molecule has 0 spiro atoms. The van der Waals surface area contributed by atoms with Crippen LogP contribution in [-0.2, 0) is 17.8 Å². The minimum absolute atomic E-state index is 0.182. The molecule has 0 aliphatic carbocycles. The number of hydrogen-bond acceptors (Lipinski definition) is 3. The Morgan fingerprint density at radius 2 is 1.89 bits per heavy atom. The summed E-state index contributed by atoms with van der Waals surface area (Å²) in [6.07, 6.45) is 1.86. The molecular formula is C22H25N3O2S. The summed E-state index contributed by atoms with van der Waals surface area (Å²) in [5.41, 5.74) is 10.6. The van der Waals surface area contributed by atoms with E-state index in [0.29, 0.717) is 17.6 Å². The van der Waals surface area contributed by atoms with Gasteiger partial charge in [0.1, 0.15) is 5.58 Å². The number of hydrazine groups is 1. The minimum atomic E-state index is -0.182. The van der Waals surface area contributed by atoms with Gasteiger partial charge in [-0.15, -0.1) is 0 Å². The Labute approximate surface area is 170 Å². The molecule has 0 saturated carbocycles. The number of aryl methyl sites for hydroxylation is 1. The molecule has 5 nitrogen and oxygen atoms in total. The van der Waals surface area contributed by atoms with E-state index in [9.17, 15) is 4.79 Å². The van der Waals surface area contributed by atoms with E-state index in [1.807, 2.05) is 36.4 Å². The fourth-order valence-electron chi connectivity index (χ4n) is 3.17. The lowest BCUT2D eigenvalue weighted by atomic mass is 9.95. The molecule has 6 heteroatoms. The number of benzene rings is 2. The lowest BCUT2D eigenvalue weighted by molar-refractivity contribution is -0.121. The van der Waals surface area contributed by atoms with Crippen LogP contribution in [0.2, 0.25) is 0 Å². The van der Waals surface area contributed by atoms with Gasteiger partial charge in [0.2, 0.25) is 5.91 Å². The Kier molecular flexibility index (Phi) is 6.31. The quantitative estimate of drug-likeness (QED) is 0.448. The normalized spacial score (nSPS) is 10.9. The highest BCUT2D eigenvalue weighted by atomic mass is 32.1. The second kappa shape index (κ2) is 8.89. The highest BCUT2D eigenvalue weighted by Gasteiger charge is 2.14. The van der Waals surface area contributed by atoms with Gasteiger partial charge in [-0.2, -0.15) is 0 Å². The van der Waals surface area contributed by atoms with E-state index in [1.54, 1.807) is 6.26 Å². The molecule has 3 aromatic rings. The molecule has 0 saturated heterocycles. The molecule has 1 heterocycles. The van der Waals surface area contributed by atoms with E-state index >= 15 is 0 Å². The maximum absolute atomic E-state index is 12.3. The van der Waals surface area contributed by atoms with Crippen LogP contribution in [0.3, 0.4) is 0 Å². The predicted molar refractivity (Wildman–Crippen MR) is 116 cm³/mol. The van der Waals surface area contributed by atoms with E-state index < -0.39 is 0 Å². The van der Waals surface area contributed by atoms with Gasteiger partial charge in [-0.25, -0.2) is 0 Å². The van der Waals surface area contributed by atoms with Gasteiger partial charge in [0.25, 0.3) is 0 Å². The third-order valence-electron chi connectivity index (χ3n) is 4.63. The molecule has 0 atom stereocenters. The monoisotopic (exact) mass is 395 g/mol. The van der Waals surface area contributed by atoms with Crippen molar-refractivity contribution >= 4 is 34.2 Å². The third-order valence-corrected chi connectivity index (χ3v) is 4.87. The topological polar surface area (TPSA) is 66.3 Å². The van der Waals surface area contributed by atoms with Crippen molar-refractivity contribution in [2.75, 3.05) is 0 Å². The first-order chi connectivity index (χ1) is 13.4. The van der Waals surface area contributed by atoms with E-state index in [0.717, 1.165) is 22.1 Å². The number of rotatable bonds is 5. The molecule has 146 valence electrons. The number of carbonyl (C=O) groups excluding carboxylic acids is 1. The third kappa shape index (κ3) is 4.89. The van der Waals surface area contributed by atoms with Crippen LogP contribution in [-0.4, -0.2) is 11.0 Å². The first-order valence-corrected chi connectivity index (χ1v) is 9.72. The Bertz CT molecular complexity index is 980. The average Bonchev–Trinajstić information content (AvgIpc) is 3.06. The smallest absolute Gasteiger partial charge is 0.242 e. The first kappa shape index (κ1) is 19.9. The van der Waals surface area contributed by atoms with Gasteiger partial charge < -0.3 is 9.73 Å². The van der Waals surface area contributed by atoms with Crippen LogP contribution < -0.4 is 16.2 Å². The Hall–Kier alpha value is -2.86. The summed E-state index contributed by atoms with van der Waals surface area (Å²) in [7, 11) is 0. The minimum Gasteiger partial charge on any atom is -0.464 e. The van der Waals surface area contributed by atoms with Gasteiger partial charge in [-0.3, -0.25) is 15.6 Å². The summed E-state index contributed by atoms with van der Waals surface area (Å²) in [6, 6.07) is 14.1. The lowest BCUT2D eigenvalue weighted by Gasteiger charge is -2.12. The van der Waals surface area contributed by atoms with Crippen molar-refractivity contribution in [1.29, 1.82) is 0 Å². The van der Waals surface area contributed by atoms with Crippen LogP contribution in [0.5, 0.6) is 0 Å². The molecule has 1 aromatic heterocycles. The van der Waals surface area contributed by atoms with Crippen molar-refractivity contribution in [3.63, 3.8) is 0 Å². The number of nitrogens with one attached hydrogen (secondary N) is 3. The maximum atomic E-state index is 12.3. The SMILES string of the molecule is Cc1cc2occ(CC(=O)NNC(=S)NCc3ccccc3)c2cc1C(C)C. The first-order valence-electron chi connectivity index (χ1n) is 9.31. The van der Waals surface area contributed by atoms with Crippen molar-refractivity contribution in [2.24, 2.45) is 0 Å². The van der Waals surface area contributed by atoms with Crippen LogP contribution in [0.25, 0.3) is 11.0 Å². The summed E-state index contributed by atoms with van der Waals surface area (Å²) in [6.45, 7) is 6.99. The summed E-state index contributed by atoms with van der Waals surface area (Å²) in [5, 5.41) is 4.40. The number of hydrogen-bond donors (Lipinski definition) is 3. The standard InChI is InChI=1S/C22H25N3O2S/c1-14(2)18-11-19-17(13-27-20(19)9-15(18)3)10-21(26)24-25-22(28)23-12-16-7-5-4-6-8-16/h4-9,11,13-14H,10,12H2,1-3H3,(H,24,26)(H2,23,25,28). The molecule has 0 fully saturated rings. The second-order valence-corrected chi connectivity index (χ2v) is 7.55. The number of thiocarbonyl (C=S) groups is 1. The van der Waals surface area contributed by atoms with Crippen molar-refractivity contribution in [3.05, 3.63) is 71.0 Å².